The first kappa shape index (κ1) is 15.9. The molecule has 0 aromatic carbocycles. The molecule has 2 N–H and O–H groups in total. The van der Waals surface area contributed by atoms with E-state index in [4.69, 9.17) is 5.11 Å². The van der Waals surface area contributed by atoms with E-state index in [1.807, 2.05) is 0 Å². The van der Waals surface area contributed by atoms with Crippen LogP contribution in [0.2, 0.25) is 0 Å². The second kappa shape index (κ2) is 10.1. The van der Waals surface area contributed by atoms with Crippen LogP contribution >= 0.6 is 0 Å². The smallest absolute Gasteiger partial charge is 0.405 e. The van der Waals surface area contributed by atoms with Crippen LogP contribution in [0.3, 0.4) is 0 Å². The number of hydrogen-bond donors (Lipinski definition) is 2. The molecule has 0 radical (unpaired) electrons. The minimum absolute atomic E-state index is 0.0355. The van der Waals surface area contributed by atoms with Crippen LogP contribution in [0.4, 0.5) is 4.79 Å². The first-order valence-electron chi connectivity index (χ1n) is 6.61. The lowest BCUT2D eigenvalue weighted by Gasteiger charge is -2.15. The predicted octanol–water partition coefficient (Wildman–Crippen LogP) is 3.21. The molecular formula is C13H25NO3. The third-order valence-electron chi connectivity index (χ3n) is 2.93. The molecular weight excluding hydrogens is 218 g/mol. The van der Waals surface area contributed by atoms with E-state index in [-0.39, 0.29) is 18.2 Å². The standard InChI is InChI=1S/C13H25NO3/c1-3-5-7-9-11(8-6-4-2)12(15)10-14-13(16)17/h11,14H,3-10H2,1-2H3,(H,16,17). The Morgan fingerprint density at radius 2 is 1.65 bits per heavy atom. The fraction of sp³-hybridized carbons (Fsp3) is 0.846. The minimum atomic E-state index is -1.12. The Morgan fingerprint density at radius 3 is 2.18 bits per heavy atom. The lowest BCUT2D eigenvalue weighted by molar-refractivity contribution is -0.122. The van der Waals surface area contributed by atoms with E-state index < -0.39 is 6.09 Å². The van der Waals surface area contributed by atoms with Gasteiger partial charge in [-0.2, -0.15) is 0 Å². The fourth-order valence-corrected chi connectivity index (χ4v) is 1.86. The summed E-state index contributed by atoms with van der Waals surface area (Å²) < 4.78 is 0. The summed E-state index contributed by atoms with van der Waals surface area (Å²) in [5.74, 6) is 0.0744. The molecule has 0 aliphatic carbocycles. The Kier molecular flexibility index (Phi) is 9.49. The Hall–Kier alpha value is -1.06. The van der Waals surface area contributed by atoms with Gasteiger partial charge in [-0.05, 0) is 12.8 Å². The van der Waals surface area contributed by atoms with Crippen molar-refractivity contribution in [1.29, 1.82) is 0 Å². The molecule has 1 unspecified atom stereocenters. The zero-order valence-electron chi connectivity index (χ0n) is 11.0. The van der Waals surface area contributed by atoms with Gasteiger partial charge in [0, 0.05) is 5.92 Å². The summed E-state index contributed by atoms with van der Waals surface area (Å²) in [6.45, 7) is 4.19. The number of unbranched alkanes of at least 4 members (excludes halogenated alkanes) is 3. The van der Waals surface area contributed by atoms with Crippen molar-refractivity contribution in [3.05, 3.63) is 0 Å². The molecule has 100 valence electrons. The van der Waals surface area contributed by atoms with E-state index in [9.17, 15) is 9.59 Å². The first-order chi connectivity index (χ1) is 8.11. The Balaban J connectivity index is 4.04. The monoisotopic (exact) mass is 243 g/mol. The maximum Gasteiger partial charge on any atom is 0.405 e. The molecule has 4 nitrogen and oxygen atoms in total. The number of carbonyl (C=O) groups is 2. The molecule has 4 heteroatoms. The maximum absolute atomic E-state index is 11.8. The van der Waals surface area contributed by atoms with E-state index >= 15 is 0 Å². The second-order valence-electron chi connectivity index (χ2n) is 4.46. The van der Waals surface area contributed by atoms with Crippen LogP contribution in [0.15, 0.2) is 0 Å². The second-order valence-corrected chi connectivity index (χ2v) is 4.46. The highest BCUT2D eigenvalue weighted by molar-refractivity contribution is 5.85. The van der Waals surface area contributed by atoms with Gasteiger partial charge in [-0.15, -0.1) is 0 Å². The van der Waals surface area contributed by atoms with E-state index in [0.29, 0.717) is 0 Å². The molecule has 0 bridgehead atoms. The predicted molar refractivity (Wildman–Crippen MR) is 68.2 cm³/mol. The number of carboxylic acid groups (broad SMARTS) is 1. The molecule has 0 saturated carbocycles. The molecule has 0 aromatic rings. The van der Waals surface area contributed by atoms with Crippen molar-refractivity contribution in [2.75, 3.05) is 6.54 Å². The highest BCUT2D eigenvalue weighted by Gasteiger charge is 2.17. The Morgan fingerprint density at radius 1 is 1.06 bits per heavy atom. The first-order valence-corrected chi connectivity index (χ1v) is 6.61. The van der Waals surface area contributed by atoms with Gasteiger partial charge in [0.05, 0.1) is 6.54 Å². The zero-order chi connectivity index (χ0) is 13.1. The van der Waals surface area contributed by atoms with Crippen LogP contribution < -0.4 is 5.32 Å². The van der Waals surface area contributed by atoms with Crippen LogP contribution in [0.5, 0.6) is 0 Å². The van der Waals surface area contributed by atoms with Crippen molar-refractivity contribution in [1.82, 2.24) is 5.32 Å². The topological polar surface area (TPSA) is 66.4 Å². The molecule has 0 aliphatic rings. The molecule has 0 heterocycles. The van der Waals surface area contributed by atoms with Gasteiger partial charge in [-0.25, -0.2) is 4.79 Å². The van der Waals surface area contributed by atoms with Crippen molar-refractivity contribution in [2.24, 2.45) is 5.92 Å². The number of ketones is 1. The third kappa shape index (κ3) is 8.72. The summed E-state index contributed by atoms with van der Waals surface area (Å²) in [7, 11) is 0. The van der Waals surface area contributed by atoms with Crippen molar-refractivity contribution >= 4 is 11.9 Å². The average molecular weight is 243 g/mol. The van der Waals surface area contributed by atoms with E-state index in [1.165, 1.54) is 0 Å². The molecule has 0 spiro atoms. The number of rotatable bonds is 10. The van der Waals surface area contributed by atoms with E-state index in [1.54, 1.807) is 0 Å². The lowest BCUT2D eigenvalue weighted by Crippen LogP contribution is -2.32. The fourth-order valence-electron chi connectivity index (χ4n) is 1.86. The summed E-state index contributed by atoms with van der Waals surface area (Å²) in [4.78, 5) is 22.2. The van der Waals surface area contributed by atoms with Gasteiger partial charge >= 0.3 is 6.09 Å². The minimum Gasteiger partial charge on any atom is -0.465 e. The number of nitrogens with one attached hydrogen (secondary N) is 1. The molecule has 1 amide bonds. The quantitative estimate of drug-likeness (QED) is 0.579. The highest BCUT2D eigenvalue weighted by atomic mass is 16.4. The largest absolute Gasteiger partial charge is 0.465 e. The maximum atomic E-state index is 11.8. The van der Waals surface area contributed by atoms with Crippen LogP contribution in [-0.4, -0.2) is 23.5 Å². The van der Waals surface area contributed by atoms with Crippen LogP contribution in [0.1, 0.15) is 58.8 Å². The number of amides is 1. The van der Waals surface area contributed by atoms with Gasteiger partial charge in [-0.1, -0.05) is 46.0 Å². The SMILES string of the molecule is CCCCCC(CCCC)C(=O)CNC(=O)O. The van der Waals surface area contributed by atoms with Crippen molar-refractivity contribution in [3.8, 4) is 0 Å². The molecule has 0 saturated heterocycles. The number of hydrogen-bond acceptors (Lipinski definition) is 2. The van der Waals surface area contributed by atoms with Gasteiger partial charge in [-0.3, -0.25) is 4.79 Å². The molecule has 0 fully saturated rings. The van der Waals surface area contributed by atoms with Gasteiger partial charge in [0.25, 0.3) is 0 Å². The van der Waals surface area contributed by atoms with E-state index in [0.717, 1.165) is 44.9 Å². The molecule has 1 atom stereocenters. The summed E-state index contributed by atoms with van der Waals surface area (Å²) in [5.41, 5.74) is 0. The summed E-state index contributed by atoms with van der Waals surface area (Å²) in [6, 6.07) is 0. The van der Waals surface area contributed by atoms with Crippen LogP contribution in [-0.2, 0) is 4.79 Å². The Bertz CT molecular complexity index is 229. The van der Waals surface area contributed by atoms with Crippen molar-refractivity contribution < 1.29 is 14.7 Å². The van der Waals surface area contributed by atoms with Crippen LogP contribution in [0, 0.1) is 5.92 Å². The third-order valence-corrected chi connectivity index (χ3v) is 2.93. The normalized spacial score (nSPS) is 12.1. The summed E-state index contributed by atoms with van der Waals surface area (Å²) in [5, 5.41) is 10.6. The molecule has 17 heavy (non-hydrogen) atoms. The van der Waals surface area contributed by atoms with Gasteiger partial charge < -0.3 is 10.4 Å². The molecule has 0 rings (SSSR count). The van der Waals surface area contributed by atoms with Gasteiger partial charge in [0.2, 0.25) is 0 Å². The summed E-state index contributed by atoms with van der Waals surface area (Å²) in [6.07, 6.45) is 6.11. The average Bonchev–Trinajstić information content (AvgIpc) is 2.30. The number of carbonyl (C=O) groups excluding carboxylic acids is 1. The van der Waals surface area contributed by atoms with Gasteiger partial charge in [0.1, 0.15) is 0 Å². The molecule has 0 aromatic heterocycles. The van der Waals surface area contributed by atoms with Crippen molar-refractivity contribution in [2.45, 2.75) is 58.8 Å². The molecule has 0 aliphatic heterocycles. The zero-order valence-corrected chi connectivity index (χ0v) is 11.0. The Labute approximate surface area is 104 Å². The number of Topliss-reactive ketones (excluding diaryl/α,β-unsaturated/α-hetero) is 1. The van der Waals surface area contributed by atoms with Crippen molar-refractivity contribution in [3.63, 3.8) is 0 Å². The highest BCUT2D eigenvalue weighted by Crippen LogP contribution is 2.17. The van der Waals surface area contributed by atoms with Gasteiger partial charge in [0.15, 0.2) is 5.78 Å². The van der Waals surface area contributed by atoms with Crippen LogP contribution in [0.25, 0.3) is 0 Å². The van der Waals surface area contributed by atoms with E-state index in [2.05, 4.69) is 19.2 Å². The summed E-state index contributed by atoms with van der Waals surface area (Å²) >= 11 is 0. The lowest BCUT2D eigenvalue weighted by atomic mass is 9.91.